The first-order chi connectivity index (χ1) is 7.85. The minimum absolute atomic E-state index is 0.305. The first-order valence-electron chi connectivity index (χ1n) is 5.53. The molecule has 0 radical (unpaired) electrons. The van der Waals surface area contributed by atoms with Crippen molar-refractivity contribution in [2.45, 2.75) is 13.0 Å². The highest BCUT2D eigenvalue weighted by atomic mass is 16.5. The van der Waals surface area contributed by atoms with Gasteiger partial charge in [-0.2, -0.15) is 0 Å². The number of ether oxygens (including phenoxy) is 2. The standard InChI is InChI=1S/C13H17NO2/c1-3-4-7-15-10-5-6-11-12(14-2)9-16-13(11)8-10/h3-6,8,12,14H,7,9H2,1-2H3. The summed E-state index contributed by atoms with van der Waals surface area (Å²) < 4.78 is 11.1. The Labute approximate surface area is 96.1 Å². The van der Waals surface area contributed by atoms with Gasteiger partial charge < -0.3 is 14.8 Å². The predicted molar refractivity (Wildman–Crippen MR) is 64.0 cm³/mol. The second-order valence-electron chi connectivity index (χ2n) is 3.73. The molecule has 86 valence electrons. The van der Waals surface area contributed by atoms with Gasteiger partial charge in [0.15, 0.2) is 0 Å². The number of benzene rings is 1. The second-order valence-corrected chi connectivity index (χ2v) is 3.73. The molecular formula is C13H17NO2. The van der Waals surface area contributed by atoms with Crippen molar-refractivity contribution in [2.24, 2.45) is 0 Å². The van der Waals surface area contributed by atoms with E-state index in [4.69, 9.17) is 9.47 Å². The van der Waals surface area contributed by atoms with Gasteiger partial charge in [0.05, 0.1) is 6.04 Å². The van der Waals surface area contributed by atoms with E-state index in [-0.39, 0.29) is 0 Å². The molecule has 1 heterocycles. The monoisotopic (exact) mass is 219 g/mol. The van der Waals surface area contributed by atoms with Crippen LogP contribution in [0.4, 0.5) is 0 Å². The van der Waals surface area contributed by atoms with Crippen LogP contribution in [0.2, 0.25) is 0 Å². The van der Waals surface area contributed by atoms with Crippen LogP contribution in [0.1, 0.15) is 18.5 Å². The highest BCUT2D eigenvalue weighted by Crippen LogP contribution is 2.34. The number of hydrogen-bond donors (Lipinski definition) is 1. The molecular weight excluding hydrogens is 202 g/mol. The second kappa shape index (κ2) is 5.03. The number of rotatable bonds is 4. The average molecular weight is 219 g/mol. The molecule has 0 saturated heterocycles. The van der Waals surface area contributed by atoms with Gasteiger partial charge in [-0.15, -0.1) is 0 Å². The number of likely N-dealkylation sites (N-methyl/N-ethyl adjacent to an activating group) is 1. The molecule has 0 bridgehead atoms. The zero-order valence-electron chi connectivity index (χ0n) is 9.69. The van der Waals surface area contributed by atoms with E-state index in [9.17, 15) is 0 Å². The molecule has 1 aliphatic heterocycles. The van der Waals surface area contributed by atoms with Crippen LogP contribution >= 0.6 is 0 Å². The Morgan fingerprint density at radius 1 is 1.56 bits per heavy atom. The molecule has 0 fully saturated rings. The van der Waals surface area contributed by atoms with Crippen molar-refractivity contribution < 1.29 is 9.47 Å². The molecule has 3 nitrogen and oxygen atoms in total. The van der Waals surface area contributed by atoms with Crippen LogP contribution in [0.25, 0.3) is 0 Å². The summed E-state index contributed by atoms with van der Waals surface area (Å²) in [6.07, 6.45) is 3.95. The highest BCUT2D eigenvalue weighted by molar-refractivity contribution is 5.45. The van der Waals surface area contributed by atoms with Crippen LogP contribution < -0.4 is 14.8 Å². The Balaban J connectivity index is 2.09. The molecule has 3 heteroatoms. The average Bonchev–Trinajstić information content (AvgIpc) is 2.71. The lowest BCUT2D eigenvalue weighted by molar-refractivity contribution is 0.315. The van der Waals surface area contributed by atoms with Crippen LogP contribution in [0.3, 0.4) is 0 Å². The van der Waals surface area contributed by atoms with E-state index in [1.807, 2.05) is 38.3 Å². The molecule has 1 aliphatic rings. The van der Waals surface area contributed by atoms with Crippen LogP contribution in [-0.4, -0.2) is 20.3 Å². The van der Waals surface area contributed by atoms with Gasteiger partial charge in [0.25, 0.3) is 0 Å². The van der Waals surface area contributed by atoms with Crippen LogP contribution in [0, 0.1) is 0 Å². The Bertz CT molecular complexity index is 388. The number of allylic oxidation sites excluding steroid dienone is 1. The molecule has 1 aromatic carbocycles. The van der Waals surface area contributed by atoms with Gasteiger partial charge in [0.1, 0.15) is 24.7 Å². The maximum atomic E-state index is 5.59. The fourth-order valence-electron chi connectivity index (χ4n) is 1.76. The van der Waals surface area contributed by atoms with Crippen LogP contribution in [-0.2, 0) is 0 Å². The van der Waals surface area contributed by atoms with Gasteiger partial charge >= 0.3 is 0 Å². The normalized spacial score (nSPS) is 18.5. The predicted octanol–water partition coefficient (Wildman–Crippen LogP) is 2.29. The van der Waals surface area contributed by atoms with E-state index in [1.54, 1.807) is 0 Å². The first-order valence-corrected chi connectivity index (χ1v) is 5.53. The van der Waals surface area contributed by atoms with Gasteiger partial charge in [-0.1, -0.05) is 12.2 Å². The lowest BCUT2D eigenvalue weighted by Crippen LogP contribution is -2.17. The molecule has 0 amide bonds. The van der Waals surface area contributed by atoms with E-state index in [0.717, 1.165) is 11.5 Å². The van der Waals surface area contributed by atoms with E-state index in [2.05, 4.69) is 11.4 Å². The minimum atomic E-state index is 0.305. The lowest BCUT2D eigenvalue weighted by Gasteiger charge is -2.07. The quantitative estimate of drug-likeness (QED) is 0.788. The van der Waals surface area contributed by atoms with Crippen molar-refractivity contribution in [1.29, 1.82) is 0 Å². The molecule has 1 unspecified atom stereocenters. The molecule has 0 saturated carbocycles. The van der Waals surface area contributed by atoms with Crippen LogP contribution in [0.5, 0.6) is 11.5 Å². The summed E-state index contributed by atoms with van der Waals surface area (Å²) in [5, 5.41) is 3.21. The number of nitrogens with one attached hydrogen (secondary N) is 1. The molecule has 1 aromatic rings. The molecule has 1 atom stereocenters. The van der Waals surface area contributed by atoms with E-state index in [1.165, 1.54) is 5.56 Å². The largest absolute Gasteiger partial charge is 0.491 e. The fourth-order valence-corrected chi connectivity index (χ4v) is 1.76. The minimum Gasteiger partial charge on any atom is -0.491 e. The SMILES string of the molecule is CC=CCOc1ccc2c(c1)OCC2NC. The third-order valence-corrected chi connectivity index (χ3v) is 2.70. The Morgan fingerprint density at radius 3 is 3.19 bits per heavy atom. The summed E-state index contributed by atoms with van der Waals surface area (Å²) in [5.41, 5.74) is 1.21. The summed E-state index contributed by atoms with van der Waals surface area (Å²) in [5.74, 6) is 1.78. The summed E-state index contributed by atoms with van der Waals surface area (Å²) in [4.78, 5) is 0. The van der Waals surface area contributed by atoms with Gasteiger partial charge in [0.2, 0.25) is 0 Å². The molecule has 2 rings (SSSR count). The van der Waals surface area contributed by atoms with Crippen molar-refractivity contribution in [3.63, 3.8) is 0 Å². The number of fused-ring (bicyclic) bond motifs is 1. The third-order valence-electron chi connectivity index (χ3n) is 2.70. The summed E-state index contributed by atoms with van der Waals surface area (Å²) in [7, 11) is 1.94. The van der Waals surface area contributed by atoms with Gasteiger partial charge in [0, 0.05) is 11.6 Å². The van der Waals surface area contributed by atoms with Gasteiger partial charge in [-0.3, -0.25) is 0 Å². The van der Waals surface area contributed by atoms with Crippen molar-refractivity contribution in [1.82, 2.24) is 5.32 Å². The molecule has 1 N–H and O–H groups in total. The zero-order chi connectivity index (χ0) is 11.4. The summed E-state index contributed by atoms with van der Waals surface area (Å²) in [6.45, 7) is 3.28. The van der Waals surface area contributed by atoms with Gasteiger partial charge in [-0.05, 0) is 26.1 Å². The van der Waals surface area contributed by atoms with Crippen molar-refractivity contribution in [2.75, 3.05) is 20.3 Å². The van der Waals surface area contributed by atoms with Crippen LogP contribution in [0.15, 0.2) is 30.4 Å². The van der Waals surface area contributed by atoms with Crippen molar-refractivity contribution in [3.05, 3.63) is 35.9 Å². The highest BCUT2D eigenvalue weighted by Gasteiger charge is 2.22. The van der Waals surface area contributed by atoms with Gasteiger partial charge in [-0.25, -0.2) is 0 Å². The topological polar surface area (TPSA) is 30.5 Å². The maximum absolute atomic E-state index is 5.59. The first kappa shape index (κ1) is 11.0. The third kappa shape index (κ3) is 2.19. The Morgan fingerprint density at radius 2 is 2.44 bits per heavy atom. The maximum Gasteiger partial charge on any atom is 0.127 e. The number of hydrogen-bond acceptors (Lipinski definition) is 3. The zero-order valence-corrected chi connectivity index (χ0v) is 9.69. The Hall–Kier alpha value is -1.48. The van der Waals surface area contributed by atoms with E-state index < -0.39 is 0 Å². The van der Waals surface area contributed by atoms with E-state index in [0.29, 0.717) is 19.3 Å². The molecule has 0 spiro atoms. The summed E-state index contributed by atoms with van der Waals surface area (Å²) >= 11 is 0. The Kier molecular flexibility index (Phi) is 3.47. The lowest BCUT2D eigenvalue weighted by atomic mass is 10.1. The van der Waals surface area contributed by atoms with E-state index >= 15 is 0 Å². The fraction of sp³-hybridized carbons (Fsp3) is 0.385. The molecule has 0 aliphatic carbocycles. The smallest absolute Gasteiger partial charge is 0.127 e. The van der Waals surface area contributed by atoms with Crippen molar-refractivity contribution in [3.8, 4) is 11.5 Å². The summed E-state index contributed by atoms with van der Waals surface area (Å²) in [6, 6.07) is 6.31. The molecule has 0 aromatic heterocycles. The molecule has 16 heavy (non-hydrogen) atoms. The van der Waals surface area contributed by atoms with Crippen molar-refractivity contribution >= 4 is 0 Å².